The lowest BCUT2D eigenvalue weighted by Gasteiger charge is -2.08. The lowest BCUT2D eigenvalue weighted by atomic mass is 10.3. The number of aromatic nitrogens is 1. The van der Waals surface area contributed by atoms with Crippen molar-refractivity contribution in [2.45, 2.75) is 20.0 Å². The van der Waals surface area contributed by atoms with Gasteiger partial charge in [0.25, 0.3) is 0 Å². The molecule has 0 radical (unpaired) electrons. The number of rotatable bonds is 6. The molecule has 0 fully saturated rings. The van der Waals surface area contributed by atoms with Crippen LogP contribution in [0.5, 0.6) is 17.4 Å². The molecule has 0 saturated carbocycles. The van der Waals surface area contributed by atoms with Crippen molar-refractivity contribution in [2.24, 2.45) is 0 Å². The molecule has 1 aromatic carbocycles. The van der Waals surface area contributed by atoms with E-state index in [0.717, 1.165) is 12.2 Å². The number of halogens is 1. The third kappa shape index (κ3) is 3.85. The van der Waals surface area contributed by atoms with Crippen molar-refractivity contribution in [2.75, 3.05) is 6.61 Å². The Labute approximate surface area is 122 Å². The van der Waals surface area contributed by atoms with Crippen LogP contribution in [0.4, 0.5) is 0 Å². The number of aliphatic hydroxyl groups excluding tert-OH is 1. The van der Waals surface area contributed by atoms with Gasteiger partial charge in [-0.05, 0) is 42.3 Å². The van der Waals surface area contributed by atoms with Crippen LogP contribution in [0.15, 0.2) is 36.5 Å². The van der Waals surface area contributed by atoms with Gasteiger partial charge in [0, 0.05) is 6.20 Å². The number of aliphatic hydroxyl groups is 1. The van der Waals surface area contributed by atoms with E-state index < -0.39 is 0 Å². The third-order valence-corrected chi connectivity index (χ3v) is 2.83. The minimum absolute atomic E-state index is 0.101. The molecule has 0 saturated heterocycles. The molecular weight excluding hydrogens is 278 g/mol. The monoisotopic (exact) mass is 293 g/mol. The van der Waals surface area contributed by atoms with Crippen molar-refractivity contribution in [3.05, 3.63) is 47.1 Å². The van der Waals surface area contributed by atoms with Crippen molar-refractivity contribution >= 4 is 11.6 Å². The predicted molar refractivity (Wildman–Crippen MR) is 77.5 cm³/mol. The predicted octanol–water partition coefficient (Wildman–Crippen LogP) is 3.81. The summed E-state index contributed by atoms with van der Waals surface area (Å²) in [6, 6.07) is 8.89. The number of nitrogens with zero attached hydrogens (tertiary/aromatic N) is 1. The summed E-state index contributed by atoms with van der Waals surface area (Å²) in [5, 5.41) is 9.35. The smallest absolute Gasteiger partial charge is 0.238 e. The van der Waals surface area contributed by atoms with Crippen molar-refractivity contribution in [1.82, 2.24) is 4.98 Å². The van der Waals surface area contributed by atoms with Gasteiger partial charge in [-0.2, -0.15) is 0 Å². The highest BCUT2D eigenvalue weighted by atomic mass is 35.5. The highest BCUT2D eigenvalue weighted by Crippen LogP contribution is 2.28. The highest BCUT2D eigenvalue weighted by molar-refractivity contribution is 6.31. The molecule has 0 spiro atoms. The Balaban J connectivity index is 2.06. The average Bonchev–Trinajstić information content (AvgIpc) is 2.48. The van der Waals surface area contributed by atoms with Gasteiger partial charge in [-0.25, -0.2) is 4.98 Å². The zero-order valence-corrected chi connectivity index (χ0v) is 11.9. The van der Waals surface area contributed by atoms with Crippen LogP contribution in [-0.2, 0) is 6.61 Å². The zero-order valence-electron chi connectivity index (χ0n) is 11.2. The van der Waals surface area contributed by atoms with Crippen LogP contribution in [0.2, 0.25) is 5.02 Å². The Kier molecular flexibility index (Phi) is 5.21. The molecule has 2 rings (SSSR count). The largest absolute Gasteiger partial charge is 0.494 e. The summed E-state index contributed by atoms with van der Waals surface area (Å²) in [5.41, 5.74) is 0.644. The van der Waals surface area contributed by atoms with Gasteiger partial charge in [0.05, 0.1) is 13.2 Å². The first-order valence-corrected chi connectivity index (χ1v) is 6.76. The van der Waals surface area contributed by atoms with E-state index in [1.54, 1.807) is 18.2 Å². The maximum absolute atomic E-state index is 8.99. The summed E-state index contributed by atoms with van der Waals surface area (Å²) >= 11 is 6.03. The van der Waals surface area contributed by atoms with Crippen LogP contribution >= 0.6 is 11.6 Å². The Bertz CT molecular complexity index is 558. The first-order valence-electron chi connectivity index (χ1n) is 6.39. The Morgan fingerprint density at radius 1 is 1.20 bits per heavy atom. The zero-order chi connectivity index (χ0) is 14.4. The summed E-state index contributed by atoms with van der Waals surface area (Å²) in [5.74, 6) is 1.74. The molecule has 0 atom stereocenters. The van der Waals surface area contributed by atoms with Gasteiger partial charge in [-0.1, -0.05) is 18.5 Å². The van der Waals surface area contributed by atoms with Crippen LogP contribution < -0.4 is 9.47 Å². The molecule has 5 heteroatoms. The number of hydrogen-bond acceptors (Lipinski definition) is 4. The van der Waals surface area contributed by atoms with E-state index in [4.69, 9.17) is 26.2 Å². The van der Waals surface area contributed by atoms with Crippen molar-refractivity contribution in [3.63, 3.8) is 0 Å². The van der Waals surface area contributed by atoms with Crippen LogP contribution in [0.3, 0.4) is 0 Å². The minimum Gasteiger partial charge on any atom is -0.494 e. The standard InChI is InChI=1S/C15H16ClNO3/c1-2-7-19-12-3-5-13(6-4-12)20-15-14(16)8-11(10-18)9-17-15/h3-6,8-9,18H,2,7,10H2,1H3. The van der Waals surface area contributed by atoms with Crippen LogP contribution in [0.25, 0.3) is 0 Å². The summed E-state index contributed by atoms with van der Waals surface area (Å²) < 4.78 is 11.1. The Hall–Kier alpha value is -1.78. The second-order valence-electron chi connectivity index (χ2n) is 4.21. The van der Waals surface area contributed by atoms with E-state index >= 15 is 0 Å². The van der Waals surface area contributed by atoms with Crippen molar-refractivity contribution in [3.8, 4) is 17.4 Å². The molecule has 0 bridgehead atoms. The maximum atomic E-state index is 8.99. The molecule has 0 amide bonds. The van der Waals surface area contributed by atoms with Gasteiger partial charge in [0.15, 0.2) is 0 Å². The van der Waals surface area contributed by atoms with Gasteiger partial charge in [-0.3, -0.25) is 0 Å². The molecule has 0 aliphatic carbocycles. The van der Waals surface area contributed by atoms with E-state index in [1.165, 1.54) is 6.20 Å². The molecular formula is C15H16ClNO3. The van der Waals surface area contributed by atoms with Gasteiger partial charge in [0.1, 0.15) is 16.5 Å². The molecule has 0 unspecified atom stereocenters. The van der Waals surface area contributed by atoms with Crippen LogP contribution in [-0.4, -0.2) is 16.7 Å². The highest BCUT2D eigenvalue weighted by Gasteiger charge is 2.06. The fourth-order valence-corrected chi connectivity index (χ4v) is 1.79. The van der Waals surface area contributed by atoms with Gasteiger partial charge in [-0.15, -0.1) is 0 Å². The molecule has 0 aliphatic heterocycles. The molecule has 0 aliphatic rings. The molecule has 4 nitrogen and oxygen atoms in total. The van der Waals surface area contributed by atoms with Crippen LogP contribution in [0.1, 0.15) is 18.9 Å². The molecule has 20 heavy (non-hydrogen) atoms. The van der Waals surface area contributed by atoms with Gasteiger partial charge >= 0.3 is 0 Å². The van der Waals surface area contributed by atoms with E-state index in [9.17, 15) is 0 Å². The molecule has 106 valence electrons. The summed E-state index contributed by atoms with van der Waals surface area (Å²) in [6.45, 7) is 2.65. The maximum Gasteiger partial charge on any atom is 0.238 e. The lowest BCUT2D eigenvalue weighted by Crippen LogP contribution is -1.95. The lowest BCUT2D eigenvalue weighted by molar-refractivity contribution is 0.281. The molecule has 2 aromatic rings. The Morgan fingerprint density at radius 3 is 2.50 bits per heavy atom. The number of pyridine rings is 1. The van der Waals surface area contributed by atoms with E-state index in [0.29, 0.717) is 28.8 Å². The van der Waals surface area contributed by atoms with E-state index in [-0.39, 0.29) is 6.61 Å². The quantitative estimate of drug-likeness (QED) is 0.880. The molecule has 1 heterocycles. The summed E-state index contributed by atoms with van der Waals surface area (Å²) in [4.78, 5) is 4.07. The number of hydrogen-bond donors (Lipinski definition) is 1. The second kappa shape index (κ2) is 7.12. The van der Waals surface area contributed by atoms with E-state index in [2.05, 4.69) is 11.9 Å². The van der Waals surface area contributed by atoms with Crippen molar-refractivity contribution < 1.29 is 14.6 Å². The number of benzene rings is 1. The van der Waals surface area contributed by atoms with Gasteiger partial charge in [0.2, 0.25) is 5.88 Å². The molecule has 1 aromatic heterocycles. The minimum atomic E-state index is -0.101. The fourth-order valence-electron chi connectivity index (χ4n) is 1.56. The van der Waals surface area contributed by atoms with Gasteiger partial charge < -0.3 is 14.6 Å². The summed E-state index contributed by atoms with van der Waals surface area (Å²) in [6.07, 6.45) is 2.49. The SMILES string of the molecule is CCCOc1ccc(Oc2ncc(CO)cc2Cl)cc1. The molecule has 1 N–H and O–H groups in total. The first kappa shape index (κ1) is 14.6. The second-order valence-corrected chi connectivity index (χ2v) is 4.62. The van der Waals surface area contributed by atoms with Crippen LogP contribution in [0, 0.1) is 0 Å². The third-order valence-electron chi connectivity index (χ3n) is 2.56. The topological polar surface area (TPSA) is 51.6 Å². The Morgan fingerprint density at radius 2 is 1.90 bits per heavy atom. The fraction of sp³-hybridized carbons (Fsp3) is 0.267. The normalized spacial score (nSPS) is 10.3. The van der Waals surface area contributed by atoms with Crippen molar-refractivity contribution in [1.29, 1.82) is 0 Å². The first-order chi connectivity index (χ1) is 9.72. The number of ether oxygens (including phenoxy) is 2. The van der Waals surface area contributed by atoms with E-state index in [1.807, 2.05) is 12.1 Å². The summed E-state index contributed by atoms with van der Waals surface area (Å²) in [7, 11) is 0. The average molecular weight is 294 g/mol.